The lowest BCUT2D eigenvalue weighted by molar-refractivity contribution is 0.223. The number of halogens is 3. The normalized spacial score (nSPS) is 16.4. The van der Waals surface area contributed by atoms with Gasteiger partial charge in [-0.25, -0.2) is 18.7 Å². The molecule has 0 N–H and O–H groups in total. The summed E-state index contributed by atoms with van der Waals surface area (Å²) in [6.07, 6.45) is 1.27. The number of hydrogen-bond acceptors (Lipinski definition) is 4. The lowest BCUT2D eigenvalue weighted by atomic mass is 10.0. The molecular formula is C20H16ClF2N3O. The zero-order valence-electron chi connectivity index (χ0n) is 14.5. The lowest BCUT2D eigenvalue weighted by Gasteiger charge is -2.24. The molecule has 2 heterocycles. The van der Waals surface area contributed by atoms with Gasteiger partial charge in [0.25, 0.3) is 0 Å². The van der Waals surface area contributed by atoms with Crippen LogP contribution in [0.2, 0.25) is 5.15 Å². The highest BCUT2D eigenvalue weighted by molar-refractivity contribution is 6.30. The van der Waals surface area contributed by atoms with Gasteiger partial charge in [0.1, 0.15) is 29.2 Å². The Hall–Kier alpha value is -2.73. The third-order valence-electron chi connectivity index (χ3n) is 4.48. The molecule has 0 saturated heterocycles. The van der Waals surface area contributed by atoms with Gasteiger partial charge in [-0.15, -0.1) is 0 Å². The molecule has 4 nitrogen and oxygen atoms in total. The van der Waals surface area contributed by atoms with Crippen LogP contribution in [-0.2, 0) is 6.54 Å². The van der Waals surface area contributed by atoms with Gasteiger partial charge in [-0.2, -0.15) is 0 Å². The first kappa shape index (κ1) is 17.7. The molecule has 1 atom stereocenters. The van der Waals surface area contributed by atoms with Crippen LogP contribution < -0.4 is 9.64 Å². The summed E-state index contributed by atoms with van der Waals surface area (Å²) < 4.78 is 33.9. The van der Waals surface area contributed by atoms with E-state index < -0.39 is 11.6 Å². The molecular weight excluding hydrogens is 372 g/mol. The van der Waals surface area contributed by atoms with Gasteiger partial charge in [-0.1, -0.05) is 29.8 Å². The molecule has 0 radical (unpaired) electrons. The Balaban J connectivity index is 1.67. The highest BCUT2D eigenvalue weighted by Gasteiger charge is 2.24. The largest absolute Gasteiger partial charge is 0.472 e. The Morgan fingerprint density at radius 3 is 2.48 bits per heavy atom. The van der Waals surface area contributed by atoms with Gasteiger partial charge in [-0.3, -0.25) is 0 Å². The number of rotatable bonds is 2. The van der Waals surface area contributed by atoms with E-state index in [0.29, 0.717) is 35.2 Å². The molecule has 4 rings (SSSR count). The number of ether oxygens (including phenoxy) is 1. The molecule has 27 heavy (non-hydrogen) atoms. The molecule has 0 unspecified atom stereocenters. The molecule has 3 aromatic rings. The maximum absolute atomic E-state index is 14.0. The number of hydrogen-bond donors (Lipinski definition) is 0. The van der Waals surface area contributed by atoms with Crippen molar-refractivity contribution in [2.24, 2.45) is 0 Å². The summed E-state index contributed by atoms with van der Waals surface area (Å²) in [5, 5.41) is 0.351. The summed E-state index contributed by atoms with van der Waals surface area (Å²) >= 11 is 6.21. The lowest BCUT2D eigenvalue weighted by Crippen LogP contribution is -2.30. The van der Waals surface area contributed by atoms with Crippen molar-refractivity contribution in [2.45, 2.75) is 19.6 Å². The summed E-state index contributed by atoms with van der Waals surface area (Å²) in [6, 6.07) is 10.9. The molecule has 1 aromatic heterocycles. The fourth-order valence-electron chi connectivity index (χ4n) is 3.21. The molecule has 0 spiro atoms. The van der Waals surface area contributed by atoms with Crippen molar-refractivity contribution in [3.63, 3.8) is 0 Å². The minimum absolute atomic E-state index is 0.0293. The topological polar surface area (TPSA) is 38.2 Å². The molecule has 0 fully saturated rings. The summed E-state index contributed by atoms with van der Waals surface area (Å²) in [6.45, 7) is 3.04. The zero-order chi connectivity index (χ0) is 19.0. The summed E-state index contributed by atoms with van der Waals surface area (Å²) in [5.74, 6) is -0.690. The molecule has 0 saturated carbocycles. The Morgan fingerprint density at radius 2 is 1.78 bits per heavy atom. The fraction of sp³-hybridized carbons (Fsp3) is 0.200. The highest BCUT2D eigenvalue weighted by atomic mass is 35.5. The second-order valence-corrected chi connectivity index (χ2v) is 6.76. The van der Waals surface area contributed by atoms with Crippen molar-refractivity contribution in [1.82, 2.24) is 9.97 Å². The molecule has 0 amide bonds. The van der Waals surface area contributed by atoms with Gasteiger partial charge in [-0.05, 0) is 36.8 Å². The van der Waals surface area contributed by atoms with E-state index in [2.05, 4.69) is 14.9 Å². The van der Waals surface area contributed by atoms with Crippen molar-refractivity contribution in [3.8, 4) is 17.0 Å². The van der Waals surface area contributed by atoms with Crippen LogP contribution in [0.3, 0.4) is 0 Å². The van der Waals surface area contributed by atoms with Gasteiger partial charge in [0.15, 0.2) is 0 Å². The monoisotopic (exact) mass is 387 g/mol. The Labute approximate surface area is 160 Å². The van der Waals surface area contributed by atoms with Gasteiger partial charge in [0, 0.05) is 5.69 Å². The first-order chi connectivity index (χ1) is 13.0. The summed E-state index contributed by atoms with van der Waals surface area (Å²) in [4.78, 5) is 10.3. The van der Waals surface area contributed by atoms with Crippen LogP contribution in [0, 0.1) is 11.6 Å². The van der Waals surface area contributed by atoms with Crippen LogP contribution in [-0.4, -0.2) is 22.6 Å². The van der Waals surface area contributed by atoms with E-state index in [9.17, 15) is 8.78 Å². The smallest absolute Gasteiger partial charge is 0.223 e. The third kappa shape index (κ3) is 3.45. The summed E-state index contributed by atoms with van der Waals surface area (Å²) in [5.41, 5.74) is 2.06. The van der Waals surface area contributed by atoms with Crippen molar-refractivity contribution in [1.29, 1.82) is 0 Å². The molecule has 0 aliphatic carbocycles. The molecule has 1 aliphatic heterocycles. The van der Waals surface area contributed by atoms with Crippen LogP contribution in [0.25, 0.3) is 11.1 Å². The van der Waals surface area contributed by atoms with Crippen LogP contribution in [0.4, 0.5) is 14.5 Å². The Bertz CT molecular complexity index is 961. The zero-order valence-corrected chi connectivity index (χ0v) is 15.3. The molecule has 7 heteroatoms. The van der Waals surface area contributed by atoms with E-state index in [-0.39, 0.29) is 11.7 Å². The van der Waals surface area contributed by atoms with Crippen LogP contribution in [0.5, 0.6) is 5.88 Å². The molecule has 138 valence electrons. The van der Waals surface area contributed by atoms with Crippen molar-refractivity contribution in [2.75, 3.05) is 11.4 Å². The maximum Gasteiger partial charge on any atom is 0.223 e. The van der Waals surface area contributed by atoms with Gasteiger partial charge < -0.3 is 9.64 Å². The van der Waals surface area contributed by atoms with Gasteiger partial charge in [0.05, 0.1) is 24.2 Å². The predicted molar refractivity (Wildman–Crippen MR) is 100.0 cm³/mol. The van der Waals surface area contributed by atoms with Crippen molar-refractivity contribution < 1.29 is 13.5 Å². The van der Waals surface area contributed by atoms with Crippen LogP contribution >= 0.6 is 11.6 Å². The van der Waals surface area contributed by atoms with Crippen molar-refractivity contribution >= 4 is 17.3 Å². The highest BCUT2D eigenvalue weighted by Crippen LogP contribution is 2.32. The minimum Gasteiger partial charge on any atom is -0.472 e. The molecule has 0 bridgehead atoms. The minimum atomic E-state index is -0.586. The van der Waals surface area contributed by atoms with E-state index in [0.717, 1.165) is 5.69 Å². The van der Waals surface area contributed by atoms with Crippen molar-refractivity contribution in [3.05, 3.63) is 71.1 Å². The van der Waals surface area contributed by atoms with E-state index >= 15 is 0 Å². The first-order valence-corrected chi connectivity index (χ1v) is 8.86. The molecule has 2 aromatic carbocycles. The molecule has 1 aliphatic rings. The average Bonchev–Trinajstić information content (AvgIpc) is 2.81. The third-order valence-corrected chi connectivity index (χ3v) is 4.80. The SMILES string of the molecule is C[C@@H]1CN(c2ccc(-c3c(F)cccc3F)cc2)Cc2c(Cl)ncnc2O1. The Kier molecular flexibility index (Phi) is 4.66. The van der Waals surface area contributed by atoms with E-state index in [1.54, 1.807) is 12.1 Å². The second-order valence-electron chi connectivity index (χ2n) is 6.40. The predicted octanol–water partition coefficient (Wildman–Crippen LogP) is 4.86. The second kappa shape index (κ2) is 7.12. The quantitative estimate of drug-likeness (QED) is 0.588. The maximum atomic E-state index is 14.0. The van der Waals surface area contributed by atoms with Gasteiger partial charge >= 0.3 is 0 Å². The van der Waals surface area contributed by atoms with Gasteiger partial charge in [0.2, 0.25) is 5.88 Å². The first-order valence-electron chi connectivity index (χ1n) is 8.48. The van der Waals surface area contributed by atoms with E-state index in [1.807, 2.05) is 19.1 Å². The number of benzene rings is 2. The number of nitrogens with zero attached hydrogens (tertiary/aromatic N) is 3. The standard InChI is InChI=1S/C20H16ClF2N3O/c1-12-9-26(10-15-19(21)24-11-25-20(15)27-12)14-7-5-13(6-8-14)18-16(22)3-2-4-17(18)23/h2-8,11-12H,9-10H2,1H3/t12-/m1/s1. The summed E-state index contributed by atoms with van der Waals surface area (Å²) in [7, 11) is 0. The van der Waals surface area contributed by atoms with Crippen LogP contribution in [0.15, 0.2) is 48.8 Å². The Morgan fingerprint density at radius 1 is 1.07 bits per heavy atom. The fourth-order valence-corrected chi connectivity index (χ4v) is 3.40. The number of anilines is 1. The number of fused-ring (bicyclic) bond motifs is 1. The number of aromatic nitrogens is 2. The van der Waals surface area contributed by atoms with Crippen LogP contribution in [0.1, 0.15) is 12.5 Å². The van der Waals surface area contributed by atoms with E-state index in [1.165, 1.54) is 24.5 Å². The average molecular weight is 388 g/mol. The van der Waals surface area contributed by atoms with E-state index in [4.69, 9.17) is 16.3 Å².